The van der Waals surface area contributed by atoms with Crippen LogP contribution >= 0.6 is 0 Å². The molecular weight excluding hydrogens is 176 g/mol. The molecule has 0 saturated carbocycles. The number of benzene rings is 1. The van der Waals surface area contributed by atoms with Crippen LogP contribution in [0.25, 0.3) is 0 Å². The molecule has 3 N–H and O–H groups in total. The van der Waals surface area contributed by atoms with Crippen LogP contribution in [0.3, 0.4) is 0 Å². The first-order chi connectivity index (χ1) is 6.77. The fourth-order valence-corrected chi connectivity index (χ4v) is 1.81. The molecule has 0 aliphatic carbocycles. The molecule has 14 heavy (non-hydrogen) atoms. The first kappa shape index (κ1) is 9.21. The Bertz CT molecular complexity index is 323. The minimum Gasteiger partial charge on any atom is -0.348 e. The van der Waals surface area contributed by atoms with E-state index in [9.17, 15) is 4.79 Å². The van der Waals surface area contributed by atoms with Crippen molar-refractivity contribution in [3.63, 3.8) is 0 Å². The van der Waals surface area contributed by atoms with Gasteiger partial charge in [-0.15, -0.1) is 0 Å². The van der Waals surface area contributed by atoms with Gasteiger partial charge in [0.25, 0.3) is 0 Å². The number of carbonyl (C=O) groups is 1. The average molecular weight is 190 g/mol. The first-order valence-corrected chi connectivity index (χ1v) is 4.87. The van der Waals surface area contributed by atoms with Crippen molar-refractivity contribution in [3.8, 4) is 0 Å². The lowest BCUT2D eigenvalue weighted by atomic mass is 9.93. The van der Waals surface area contributed by atoms with Crippen molar-refractivity contribution >= 4 is 5.91 Å². The summed E-state index contributed by atoms with van der Waals surface area (Å²) in [4.78, 5) is 11.2. The summed E-state index contributed by atoms with van der Waals surface area (Å²) >= 11 is 0. The zero-order valence-electron chi connectivity index (χ0n) is 7.94. The van der Waals surface area contributed by atoms with Gasteiger partial charge in [-0.25, -0.2) is 0 Å². The number of carbonyl (C=O) groups excluding carboxylic acids is 1. The lowest BCUT2D eigenvalue weighted by Crippen LogP contribution is -2.45. The minimum atomic E-state index is -0.0163. The Morgan fingerprint density at radius 3 is 2.71 bits per heavy atom. The molecule has 2 rings (SSSR count). The van der Waals surface area contributed by atoms with E-state index < -0.39 is 0 Å². The Labute approximate surface area is 83.3 Å². The number of amides is 1. The molecular formula is C11H14N2O. The molecule has 0 radical (unpaired) electrons. The zero-order chi connectivity index (χ0) is 9.97. The van der Waals surface area contributed by atoms with Crippen LogP contribution in [0.5, 0.6) is 0 Å². The van der Waals surface area contributed by atoms with Crippen LogP contribution in [0, 0.1) is 0 Å². The van der Waals surface area contributed by atoms with Crippen LogP contribution in [0.4, 0.5) is 0 Å². The van der Waals surface area contributed by atoms with Gasteiger partial charge in [0.1, 0.15) is 0 Å². The summed E-state index contributed by atoms with van der Waals surface area (Å²) in [6.45, 7) is 0. The second-order valence-electron chi connectivity index (χ2n) is 3.66. The van der Waals surface area contributed by atoms with E-state index in [-0.39, 0.29) is 18.0 Å². The molecule has 1 aliphatic rings. The van der Waals surface area contributed by atoms with Crippen molar-refractivity contribution in [1.29, 1.82) is 0 Å². The Morgan fingerprint density at radius 1 is 1.29 bits per heavy atom. The van der Waals surface area contributed by atoms with E-state index in [4.69, 9.17) is 5.73 Å². The van der Waals surface area contributed by atoms with Crippen molar-refractivity contribution in [2.45, 2.75) is 24.9 Å². The maximum atomic E-state index is 11.2. The first-order valence-electron chi connectivity index (χ1n) is 4.87. The number of nitrogens with two attached hydrogens (primary N) is 1. The number of rotatable bonds is 1. The van der Waals surface area contributed by atoms with Crippen LogP contribution < -0.4 is 11.1 Å². The third-order valence-electron chi connectivity index (χ3n) is 2.61. The Kier molecular flexibility index (Phi) is 2.50. The van der Waals surface area contributed by atoms with Crippen molar-refractivity contribution < 1.29 is 4.79 Å². The van der Waals surface area contributed by atoms with Crippen LogP contribution in [0.2, 0.25) is 0 Å². The van der Waals surface area contributed by atoms with Crippen molar-refractivity contribution in [2.24, 2.45) is 5.73 Å². The van der Waals surface area contributed by atoms with E-state index in [1.165, 1.54) is 0 Å². The molecule has 1 aromatic carbocycles. The zero-order valence-corrected chi connectivity index (χ0v) is 7.94. The molecule has 0 spiro atoms. The Morgan fingerprint density at radius 2 is 2.00 bits per heavy atom. The van der Waals surface area contributed by atoms with Crippen molar-refractivity contribution in [1.82, 2.24) is 5.32 Å². The third-order valence-corrected chi connectivity index (χ3v) is 2.61. The van der Waals surface area contributed by atoms with E-state index in [1.54, 1.807) is 0 Å². The summed E-state index contributed by atoms with van der Waals surface area (Å²) in [5.74, 6) is 0.0977. The minimum absolute atomic E-state index is 0.0163. The van der Waals surface area contributed by atoms with Gasteiger partial charge in [-0.3, -0.25) is 4.79 Å². The molecule has 2 atom stereocenters. The summed E-state index contributed by atoms with van der Waals surface area (Å²) in [5.41, 5.74) is 7.05. The molecule has 1 saturated heterocycles. The van der Waals surface area contributed by atoms with Crippen LogP contribution in [0.15, 0.2) is 30.3 Å². The van der Waals surface area contributed by atoms with E-state index in [1.807, 2.05) is 30.3 Å². The molecule has 0 aromatic heterocycles. The van der Waals surface area contributed by atoms with Crippen LogP contribution in [-0.2, 0) is 4.79 Å². The highest BCUT2D eigenvalue weighted by Crippen LogP contribution is 2.21. The standard InChI is InChI=1S/C11H14N2O/c12-9-6-7-10(14)13-11(9)8-4-2-1-3-5-8/h1-5,9,11H,6-7,12H2,(H,13,14)/t9-,11+/m0/s1. The van der Waals surface area contributed by atoms with Gasteiger partial charge in [-0.1, -0.05) is 30.3 Å². The average Bonchev–Trinajstić information content (AvgIpc) is 2.23. The molecule has 1 aliphatic heterocycles. The number of hydrogen-bond acceptors (Lipinski definition) is 2. The molecule has 1 amide bonds. The molecule has 1 aromatic rings. The van der Waals surface area contributed by atoms with Crippen molar-refractivity contribution in [3.05, 3.63) is 35.9 Å². The number of nitrogens with one attached hydrogen (secondary N) is 1. The molecule has 74 valence electrons. The monoisotopic (exact) mass is 190 g/mol. The highest BCUT2D eigenvalue weighted by molar-refractivity contribution is 5.77. The van der Waals surface area contributed by atoms with Gasteiger partial charge in [0.05, 0.1) is 6.04 Å². The fraction of sp³-hybridized carbons (Fsp3) is 0.364. The molecule has 0 unspecified atom stereocenters. The lowest BCUT2D eigenvalue weighted by Gasteiger charge is -2.29. The second-order valence-corrected chi connectivity index (χ2v) is 3.66. The van der Waals surface area contributed by atoms with Gasteiger partial charge in [-0.2, -0.15) is 0 Å². The summed E-state index contributed by atoms with van der Waals surface area (Å²) < 4.78 is 0. The van der Waals surface area contributed by atoms with Gasteiger partial charge >= 0.3 is 0 Å². The molecule has 1 fully saturated rings. The smallest absolute Gasteiger partial charge is 0.220 e. The summed E-state index contributed by atoms with van der Waals surface area (Å²) in [5, 5.41) is 2.92. The maximum absolute atomic E-state index is 11.2. The lowest BCUT2D eigenvalue weighted by molar-refractivity contribution is -0.123. The van der Waals surface area contributed by atoms with E-state index >= 15 is 0 Å². The molecule has 3 heteroatoms. The summed E-state index contributed by atoms with van der Waals surface area (Å²) in [6, 6.07) is 9.89. The highest BCUT2D eigenvalue weighted by Gasteiger charge is 2.26. The molecule has 0 bridgehead atoms. The predicted molar refractivity (Wildman–Crippen MR) is 54.5 cm³/mol. The van der Waals surface area contributed by atoms with Gasteiger partial charge in [0, 0.05) is 12.5 Å². The second kappa shape index (κ2) is 3.80. The van der Waals surface area contributed by atoms with Gasteiger partial charge in [-0.05, 0) is 12.0 Å². The fourth-order valence-electron chi connectivity index (χ4n) is 1.81. The van der Waals surface area contributed by atoms with Crippen molar-refractivity contribution in [2.75, 3.05) is 0 Å². The van der Waals surface area contributed by atoms with Crippen LogP contribution in [-0.4, -0.2) is 11.9 Å². The van der Waals surface area contributed by atoms with Gasteiger partial charge in [0.2, 0.25) is 5.91 Å². The summed E-state index contributed by atoms with van der Waals surface area (Å²) in [6.07, 6.45) is 1.32. The molecule has 3 nitrogen and oxygen atoms in total. The maximum Gasteiger partial charge on any atom is 0.220 e. The quantitative estimate of drug-likeness (QED) is 0.693. The normalized spacial score (nSPS) is 27.1. The Balaban J connectivity index is 2.20. The third kappa shape index (κ3) is 1.77. The number of piperidine rings is 1. The predicted octanol–water partition coefficient (Wildman–Crippen LogP) is 0.965. The van der Waals surface area contributed by atoms with E-state index in [2.05, 4.69) is 5.32 Å². The largest absolute Gasteiger partial charge is 0.348 e. The summed E-state index contributed by atoms with van der Waals surface area (Å²) in [7, 11) is 0. The number of hydrogen-bond donors (Lipinski definition) is 2. The van der Waals surface area contributed by atoms with Gasteiger partial charge in [0.15, 0.2) is 0 Å². The SMILES string of the molecule is N[C@H]1CCC(=O)N[C@@H]1c1ccccc1. The Hall–Kier alpha value is -1.35. The molecule has 1 heterocycles. The van der Waals surface area contributed by atoms with Crippen LogP contribution in [0.1, 0.15) is 24.4 Å². The highest BCUT2D eigenvalue weighted by atomic mass is 16.1. The topological polar surface area (TPSA) is 55.1 Å². The van der Waals surface area contributed by atoms with E-state index in [0.717, 1.165) is 12.0 Å². The van der Waals surface area contributed by atoms with Gasteiger partial charge < -0.3 is 11.1 Å². The van der Waals surface area contributed by atoms with E-state index in [0.29, 0.717) is 6.42 Å².